The number of hydrogen-bond acceptors (Lipinski definition) is 4. The summed E-state index contributed by atoms with van der Waals surface area (Å²) in [5, 5.41) is 3.27. The van der Waals surface area contributed by atoms with Crippen LogP contribution in [0.5, 0.6) is 5.75 Å². The van der Waals surface area contributed by atoms with Crippen molar-refractivity contribution in [3.8, 4) is 5.75 Å². The molecule has 0 amide bonds. The third kappa shape index (κ3) is 2.13. The topological polar surface area (TPSA) is 34.4 Å². The summed E-state index contributed by atoms with van der Waals surface area (Å²) < 4.78 is 11.5. The van der Waals surface area contributed by atoms with E-state index in [4.69, 9.17) is 9.15 Å². The Morgan fingerprint density at radius 3 is 2.94 bits per heavy atom. The Hall–Kier alpha value is -1.39. The summed E-state index contributed by atoms with van der Waals surface area (Å²) in [5.41, 5.74) is 0. The van der Waals surface area contributed by atoms with E-state index < -0.39 is 0 Å². The first-order valence-electron chi connectivity index (χ1n) is 5.97. The van der Waals surface area contributed by atoms with Crippen LogP contribution in [-0.2, 0) is 0 Å². The van der Waals surface area contributed by atoms with Gasteiger partial charge in [-0.05, 0) is 31.3 Å². The number of ether oxygens (including phenoxy) is 1. The van der Waals surface area contributed by atoms with Crippen molar-refractivity contribution < 1.29 is 9.15 Å². The molecule has 1 aliphatic rings. The number of rotatable bonds is 3. The van der Waals surface area contributed by atoms with Crippen molar-refractivity contribution in [3.63, 3.8) is 0 Å². The lowest BCUT2D eigenvalue weighted by atomic mass is 10.1. The molecule has 4 heteroatoms. The van der Waals surface area contributed by atoms with Crippen LogP contribution in [0.4, 0.5) is 0 Å². The predicted molar refractivity (Wildman–Crippen MR) is 72.1 cm³/mol. The summed E-state index contributed by atoms with van der Waals surface area (Å²) in [7, 11) is 1.93. The second-order valence-corrected chi connectivity index (χ2v) is 5.26. The molecule has 2 unspecified atom stereocenters. The molecule has 3 nitrogen and oxygen atoms in total. The van der Waals surface area contributed by atoms with E-state index in [-0.39, 0.29) is 12.1 Å². The zero-order chi connectivity index (χ0) is 12.4. The highest BCUT2D eigenvalue weighted by molar-refractivity contribution is 7.99. The van der Waals surface area contributed by atoms with E-state index >= 15 is 0 Å². The van der Waals surface area contributed by atoms with Gasteiger partial charge in [-0.2, -0.15) is 0 Å². The van der Waals surface area contributed by atoms with Crippen LogP contribution < -0.4 is 10.1 Å². The molecule has 0 saturated heterocycles. The Kier molecular flexibility index (Phi) is 3.30. The molecule has 1 aromatic heterocycles. The number of fused-ring (bicyclic) bond motifs is 1. The van der Waals surface area contributed by atoms with Crippen LogP contribution >= 0.6 is 11.8 Å². The van der Waals surface area contributed by atoms with Crippen LogP contribution in [0.25, 0.3) is 0 Å². The Bertz CT molecular complexity index is 512. The normalized spacial score (nSPS) is 19.9. The van der Waals surface area contributed by atoms with Gasteiger partial charge >= 0.3 is 0 Å². The van der Waals surface area contributed by atoms with Crippen LogP contribution in [0.3, 0.4) is 0 Å². The number of nitrogens with one attached hydrogen (secondary N) is 1. The second-order valence-electron chi connectivity index (χ2n) is 4.20. The molecule has 94 valence electrons. The Morgan fingerprint density at radius 2 is 2.17 bits per heavy atom. The smallest absolute Gasteiger partial charge is 0.133 e. The molecule has 0 radical (unpaired) electrons. The number of thioether (sulfide) groups is 1. The highest BCUT2D eigenvalue weighted by Crippen LogP contribution is 2.38. The number of likely N-dealkylation sites (N-methyl/N-ethyl adjacent to an activating group) is 1. The van der Waals surface area contributed by atoms with Crippen molar-refractivity contribution in [3.05, 3.63) is 48.4 Å². The van der Waals surface area contributed by atoms with Gasteiger partial charge in [-0.25, -0.2) is 0 Å². The van der Waals surface area contributed by atoms with E-state index in [0.29, 0.717) is 0 Å². The number of hydrogen-bond donors (Lipinski definition) is 1. The highest BCUT2D eigenvalue weighted by Gasteiger charge is 2.29. The molecule has 18 heavy (non-hydrogen) atoms. The van der Waals surface area contributed by atoms with Crippen molar-refractivity contribution in [2.45, 2.75) is 17.0 Å². The minimum atomic E-state index is 0.0841. The van der Waals surface area contributed by atoms with Gasteiger partial charge in [-0.3, -0.25) is 0 Å². The quantitative estimate of drug-likeness (QED) is 0.920. The largest absolute Gasteiger partial charge is 0.486 e. The summed E-state index contributed by atoms with van der Waals surface area (Å²) >= 11 is 1.83. The molecular formula is C14H15NO2S. The fraction of sp³-hybridized carbons (Fsp3) is 0.286. The lowest BCUT2D eigenvalue weighted by Crippen LogP contribution is -2.37. The minimum Gasteiger partial charge on any atom is -0.486 e. The maximum atomic E-state index is 6.07. The van der Waals surface area contributed by atoms with Crippen molar-refractivity contribution in [1.29, 1.82) is 0 Å². The predicted octanol–water partition coefficient (Wildman–Crippen LogP) is 3.09. The number of para-hydroxylation sites is 1. The van der Waals surface area contributed by atoms with Gasteiger partial charge in [0.15, 0.2) is 0 Å². The molecule has 0 saturated carbocycles. The van der Waals surface area contributed by atoms with Gasteiger partial charge in [0, 0.05) is 10.6 Å². The molecule has 1 N–H and O–H groups in total. The first-order chi connectivity index (χ1) is 8.88. The van der Waals surface area contributed by atoms with Crippen molar-refractivity contribution in [2.75, 3.05) is 12.8 Å². The average molecular weight is 261 g/mol. The fourth-order valence-corrected chi connectivity index (χ4v) is 3.22. The molecule has 0 spiro atoms. The molecule has 0 bridgehead atoms. The van der Waals surface area contributed by atoms with E-state index in [2.05, 4.69) is 11.4 Å². The maximum Gasteiger partial charge on any atom is 0.133 e. The Morgan fingerprint density at radius 1 is 1.28 bits per heavy atom. The molecule has 0 aliphatic carbocycles. The van der Waals surface area contributed by atoms with Crippen LogP contribution in [0, 0.1) is 0 Å². The summed E-state index contributed by atoms with van der Waals surface area (Å²) in [6.45, 7) is 0. The Balaban J connectivity index is 1.82. The summed E-state index contributed by atoms with van der Waals surface area (Å²) in [6, 6.07) is 12.1. The molecule has 0 fully saturated rings. The molecule has 1 aliphatic heterocycles. The van der Waals surface area contributed by atoms with Crippen LogP contribution in [0.2, 0.25) is 0 Å². The van der Waals surface area contributed by atoms with Crippen LogP contribution in [0.15, 0.2) is 52.0 Å². The van der Waals surface area contributed by atoms with E-state index in [0.717, 1.165) is 17.3 Å². The number of furan rings is 1. The monoisotopic (exact) mass is 261 g/mol. The lowest BCUT2D eigenvalue weighted by molar-refractivity contribution is 0.158. The average Bonchev–Trinajstić information content (AvgIpc) is 2.93. The van der Waals surface area contributed by atoms with Crippen molar-refractivity contribution in [2.24, 2.45) is 0 Å². The zero-order valence-corrected chi connectivity index (χ0v) is 10.9. The third-order valence-electron chi connectivity index (χ3n) is 3.06. The van der Waals surface area contributed by atoms with Gasteiger partial charge < -0.3 is 14.5 Å². The molecule has 3 rings (SSSR count). The van der Waals surface area contributed by atoms with E-state index in [9.17, 15) is 0 Å². The van der Waals surface area contributed by atoms with Gasteiger partial charge in [0.2, 0.25) is 0 Å². The standard InChI is InChI=1S/C14H15NO2S/c1-15-14(11-6-4-8-16-11)12-9-18-13-7-3-2-5-10(13)17-12/h2-8,12,14-15H,9H2,1H3. The third-order valence-corrected chi connectivity index (χ3v) is 4.21. The van der Waals surface area contributed by atoms with Gasteiger partial charge in [0.25, 0.3) is 0 Å². The lowest BCUT2D eigenvalue weighted by Gasteiger charge is -2.30. The van der Waals surface area contributed by atoms with Gasteiger partial charge in [-0.15, -0.1) is 11.8 Å². The first-order valence-corrected chi connectivity index (χ1v) is 6.96. The second kappa shape index (κ2) is 5.08. The summed E-state index contributed by atoms with van der Waals surface area (Å²) in [6.07, 6.45) is 1.78. The van der Waals surface area contributed by atoms with E-state index in [1.807, 2.05) is 49.1 Å². The molecule has 2 aromatic rings. The summed E-state index contributed by atoms with van der Waals surface area (Å²) in [5.74, 6) is 2.80. The fourth-order valence-electron chi connectivity index (χ4n) is 2.18. The van der Waals surface area contributed by atoms with E-state index in [1.165, 1.54) is 4.90 Å². The summed E-state index contributed by atoms with van der Waals surface area (Å²) in [4.78, 5) is 1.21. The maximum absolute atomic E-state index is 6.07. The first kappa shape index (κ1) is 11.7. The van der Waals surface area contributed by atoms with Crippen LogP contribution in [0.1, 0.15) is 11.8 Å². The highest BCUT2D eigenvalue weighted by atomic mass is 32.2. The van der Waals surface area contributed by atoms with Gasteiger partial charge in [0.1, 0.15) is 23.7 Å². The minimum absolute atomic E-state index is 0.0841. The number of benzene rings is 1. The molecule has 1 aromatic carbocycles. The van der Waals surface area contributed by atoms with Crippen molar-refractivity contribution >= 4 is 11.8 Å². The van der Waals surface area contributed by atoms with Gasteiger partial charge in [0.05, 0.1) is 6.26 Å². The molecule has 2 atom stereocenters. The molecular weight excluding hydrogens is 246 g/mol. The van der Waals surface area contributed by atoms with E-state index in [1.54, 1.807) is 6.26 Å². The molecule has 2 heterocycles. The SMILES string of the molecule is CNC(c1ccco1)C1CSc2ccccc2O1. The van der Waals surface area contributed by atoms with Gasteiger partial charge in [-0.1, -0.05) is 12.1 Å². The zero-order valence-electron chi connectivity index (χ0n) is 10.1. The van der Waals surface area contributed by atoms with Crippen molar-refractivity contribution in [1.82, 2.24) is 5.32 Å². The Labute approximate surface area is 111 Å². The van der Waals surface area contributed by atoms with Crippen LogP contribution in [-0.4, -0.2) is 18.9 Å².